The quantitative estimate of drug-likeness (QED) is 0.515. The number of carbonyl (C=O) groups is 2. The smallest absolute Gasteiger partial charge is 0.330 e. The van der Waals surface area contributed by atoms with Gasteiger partial charge in [-0.1, -0.05) is 32.9 Å². The number of rotatable bonds is 5. The highest BCUT2D eigenvalue weighted by Crippen LogP contribution is 2.39. The fourth-order valence-corrected chi connectivity index (χ4v) is 5.14. The van der Waals surface area contributed by atoms with Gasteiger partial charge in [-0.3, -0.25) is 28.8 Å². The van der Waals surface area contributed by atoms with Crippen molar-refractivity contribution in [1.82, 2.24) is 14.5 Å². The van der Waals surface area contributed by atoms with Crippen LogP contribution < -0.4 is 11.2 Å². The van der Waals surface area contributed by atoms with E-state index in [0.29, 0.717) is 16.7 Å². The Morgan fingerprint density at radius 3 is 2.24 bits per heavy atom. The number of aromatic amines is 1. The number of amides is 2. The van der Waals surface area contributed by atoms with E-state index >= 15 is 0 Å². The summed E-state index contributed by atoms with van der Waals surface area (Å²) >= 11 is 0. The van der Waals surface area contributed by atoms with Gasteiger partial charge in [0.2, 0.25) is 0 Å². The molecule has 0 saturated carbocycles. The zero-order chi connectivity index (χ0) is 25.0. The number of aryl methyl sites for hydroxylation is 1. The maximum Gasteiger partial charge on any atom is 0.330 e. The predicted molar refractivity (Wildman–Crippen MR) is 128 cm³/mol. The first-order valence-electron chi connectivity index (χ1n) is 11.4. The molecule has 0 spiro atoms. The molecule has 3 heterocycles. The van der Waals surface area contributed by atoms with E-state index in [-0.39, 0.29) is 29.9 Å². The van der Waals surface area contributed by atoms with E-state index in [1.807, 2.05) is 0 Å². The second-order valence-corrected chi connectivity index (χ2v) is 15.3. The Labute approximate surface area is 198 Å². The third-order valence-electron chi connectivity index (χ3n) is 7.23. The van der Waals surface area contributed by atoms with Crippen molar-refractivity contribution < 1.29 is 18.8 Å². The number of aromatic nitrogens is 2. The highest BCUT2D eigenvalue weighted by Gasteiger charge is 2.49. The van der Waals surface area contributed by atoms with E-state index in [2.05, 4.69) is 38.8 Å². The number of hydrogen-bond acceptors (Lipinski definition) is 6. The van der Waals surface area contributed by atoms with Gasteiger partial charge in [0.25, 0.3) is 17.4 Å². The molecule has 3 atom stereocenters. The first-order chi connectivity index (χ1) is 15.8. The van der Waals surface area contributed by atoms with Gasteiger partial charge in [-0.15, -0.1) is 0 Å². The first-order valence-corrected chi connectivity index (χ1v) is 14.3. The molecule has 1 saturated heterocycles. The van der Waals surface area contributed by atoms with Crippen LogP contribution in [0.15, 0.2) is 40.1 Å². The first kappa shape index (κ1) is 24.3. The zero-order valence-corrected chi connectivity index (χ0v) is 21.4. The van der Waals surface area contributed by atoms with Crippen LogP contribution in [0.25, 0.3) is 0 Å². The van der Waals surface area contributed by atoms with Gasteiger partial charge in [-0.25, -0.2) is 4.79 Å². The summed E-state index contributed by atoms with van der Waals surface area (Å²) in [6, 6.07) is 6.10. The van der Waals surface area contributed by atoms with Crippen LogP contribution in [-0.4, -0.2) is 53.3 Å². The Morgan fingerprint density at radius 1 is 1.09 bits per heavy atom. The Bertz CT molecular complexity index is 1220. The molecule has 9 nitrogen and oxygen atoms in total. The molecule has 0 bridgehead atoms. The molecular formula is C24H31N3O6Si. The minimum Gasteiger partial charge on any atom is -0.414 e. The van der Waals surface area contributed by atoms with Gasteiger partial charge >= 0.3 is 5.69 Å². The molecule has 2 aromatic rings. The van der Waals surface area contributed by atoms with Crippen LogP contribution in [-0.2, 0) is 9.16 Å². The van der Waals surface area contributed by atoms with E-state index in [9.17, 15) is 19.2 Å². The Hall–Kier alpha value is -2.82. The minimum atomic E-state index is -2.15. The van der Waals surface area contributed by atoms with Gasteiger partial charge in [-0.05, 0) is 37.2 Å². The number of nitrogens with zero attached hydrogens (tertiary/aromatic N) is 2. The number of nitrogens with one attached hydrogen (secondary N) is 1. The summed E-state index contributed by atoms with van der Waals surface area (Å²) in [6.45, 7) is 12.4. The molecule has 2 aliphatic heterocycles. The van der Waals surface area contributed by atoms with Gasteiger partial charge in [0, 0.05) is 18.2 Å². The molecule has 2 aliphatic rings. The lowest BCUT2D eigenvalue weighted by Crippen LogP contribution is -2.49. The number of benzene rings is 1. The Kier molecular flexibility index (Phi) is 6.03. The van der Waals surface area contributed by atoms with Gasteiger partial charge in [0.05, 0.1) is 23.8 Å². The van der Waals surface area contributed by atoms with Crippen LogP contribution in [0.3, 0.4) is 0 Å². The lowest BCUT2D eigenvalue weighted by Gasteiger charge is -2.37. The summed E-state index contributed by atoms with van der Waals surface area (Å²) in [4.78, 5) is 54.3. The fraction of sp³-hybridized carbons (Fsp3) is 0.500. The maximum absolute atomic E-state index is 13.2. The van der Waals surface area contributed by atoms with Crippen molar-refractivity contribution in [2.24, 2.45) is 0 Å². The highest BCUT2D eigenvalue weighted by molar-refractivity contribution is 6.74. The van der Waals surface area contributed by atoms with Crippen molar-refractivity contribution in [3.8, 4) is 0 Å². The number of imide groups is 1. The SMILES string of the molecule is Cc1cn(C2CC(N3C(=O)c4ccccc4C3=O)C(CO[Si](C)(C)C(C)(C)C)O2)c(=O)[nH]c1=O. The van der Waals surface area contributed by atoms with E-state index in [0.717, 1.165) is 0 Å². The fourth-order valence-electron chi connectivity index (χ4n) is 4.12. The number of hydrogen-bond donors (Lipinski definition) is 1. The van der Waals surface area contributed by atoms with Crippen molar-refractivity contribution >= 4 is 20.1 Å². The summed E-state index contributed by atoms with van der Waals surface area (Å²) < 4.78 is 13.9. The van der Waals surface area contributed by atoms with Crippen LogP contribution in [0.5, 0.6) is 0 Å². The standard InChI is InChI=1S/C24H31N3O6Si/c1-14-12-26(23(31)25-20(14)28)19-11-17(18(33-19)13-32-34(5,6)24(2,3)4)27-21(29)15-9-7-8-10-16(15)22(27)30/h7-10,12,17-19H,11,13H2,1-6H3,(H,25,28,31). The molecule has 2 amide bonds. The predicted octanol–water partition coefficient (Wildman–Crippen LogP) is 2.82. The Balaban J connectivity index is 1.68. The second-order valence-electron chi connectivity index (χ2n) is 10.5. The van der Waals surface area contributed by atoms with E-state index < -0.39 is 37.9 Å². The lowest BCUT2D eigenvalue weighted by molar-refractivity contribution is -0.0326. The number of H-pyrrole nitrogens is 1. The lowest BCUT2D eigenvalue weighted by atomic mass is 10.1. The molecule has 0 radical (unpaired) electrons. The van der Waals surface area contributed by atoms with Crippen LogP contribution in [0.1, 0.15) is 59.7 Å². The summed E-state index contributed by atoms with van der Waals surface area (Å²) in [5.41, 5.74) is 0.0113. The van der Waals surface area contributed by atoms with Gasteiger partial charge < -0.3 is 9.16 Å². The van der Waals surface area contributed by atoms with Crippen molar-refractivity contribution in [2.45, 2.75) is 70.6 Å². The van der Waals surface area contributed by atoms with Gasteiger partial charge in [0.15, 0.2) is 8.32 Å². The normalized spacial score (nSPS) is 23.0. The zero-order valence-electron chi connectivity index (χ0n) is 20.4. The van der Waals surface area contributed by atoms with E-state index in [4.69, 9.17) is 9.16 Å². The van der Waals surface area contributed by atoms with Gasteiger partial charge in [0.1, 0.15) is 12.3 Å². The molecule has 0 aliphatic carbocycles. The number of carbonyl (C=O) groups excluding carboxylic acids is 2. The number of fused-ring (bicyclic) bond motifs is 1. The third-order valence-corrected chi connectivity index (χ3v) is 11.7. The molecule has 10 heteroatoms. The van der Waals surface area contributed by atoms with Crippen molar-refractivity contribution in [2.75, 3.05) is 6.61 Å². The van der Waals surface area contributed by atoms with E-state index in [1.54, 1.807) is 31.2 Å². The average Bonchev–Trinajstić information content (AvgIpc) is 3.27. The molecule has 34 heavy (non-hydrogen) atoms. The Morgan fingerprint density at radius 2 is 1.68 bits per heavy atom. The average molecular weight is 486 g/mol. The van der Waals surface area contributed by atoms with Crippen LogP contribution in [0.2, 0.25) is 18.1 Å². The molecular weight excluding hydrogens is 454 g/mol. The maximum atomic E-state index is 13.2. The van der Waals surface area contributed by atoms with E-state index in [1.165, 1.54) is 15.7 Å². The van der Waals surface area contributed by atoms with Gasteiger partial charge in [-0.2, -0.15) is 0 Å². The molecule has 1 aromatic carbocycles. The third kappa shape index (κ3) is 4.10. The van der Waals surface area contributed by atoms with Crippen molar-refractivity contribution in [3.05, 3.63) is 68.0 Å². The topological polar surface area (TPSA) is 111 Å². The van der Waals surface area contributed by atoms with Crippen LogP contribution >= 0.6 is 0 Å². The molecule has 1 fully saturated rings. The van der Waals surface area contributed by atoms with Crippen LogP contribution in [0.4, 0.5) is 0 Å². The second kappa shape index (κ2) is 8.44. The minimum absolute atomic E-state index is 0.0387. The molecule has 4 rings (SSSR count). The monoisotopic (exact) mass is 485 g/mol. The van der Waals surface area contributed by atoms with Crippen molar-refractivity contribution in [1.29, 1.82) is 0 Å². The summed E-state index contributed by atoms with van der Waals surface area (Å²) in [7, 11) is -2.15. The van der Waals surface area contributed by atoms with Crippen molar-refractivity contribution in [3.63, 3.8) is 0 Å². The molecule has 1 aromatic heterocycles. The highest BCUT2D eigenvalue weighted by atomic mass is 28.4. The molecule has 182 valence electrons. The summed E-state index contributed by atoms with van der Waals surface area (Å²) in [5, 5.41) is -0.0387. The number of ether oxygens (including phenoxy) is 1. The molecule has 1 N–H and O–H groups in total. The largest absolute Gasteiger partial charge is 0.414 e. The molecule has 3 unspecified atom stereocenters. The summed E-state index contributed by atoms with van der Waals surface area (Å²) in [6.07, 6.45) is 0.274. The van der Waals surface area contributed by atoms with Crippen LogP contribution in [0, 0.1) is 6.92 Å². The summed E-state index contributed by atoms with van der Waals surface area (Å²) in [5.74, 6) is -0.755.